The van der Waals surface area contributed by atoms with Crippen molar-refractivity contribution in [3.8, 4) is 0 Å². The van der Waals surface area contributed by atoms with E-state index in [0.717, 1.165) is 19.6 Å². The highest BCUT2D eigenvalue weighted by Gasteiger charge is 2.15. The Bertz CT molecular complexity index is 892. The van der Waals surface area contributed by atoms with Crippen molar-refractivity contribution >= 4 is 11.4 Å². The molecular formula is C29H35N3. The van der Waals surface area contributed by atoms with E-state index >= 15 is 0 Å². The van der Waals surface area contributed by atoms with Crippen molar-refractivity contribution in [2.75, 3.05) is 31.1 Å². The molecule has 3 heteroatoms. The van der Waals surface area contributed by atoms with Crippen molar-refractivity contribution in [3.63, 3.8) is 0 Å². The predicted molar refractivity (Wildman–Crippen MR) is 134 cm³/mol. The molecule has 0 saturated carbocycles. The SMILES string of the molecule is c1ccc(CN(c2ccc(CN3CCCC3)cc2)c2ccc(CN3CCCC3)cc2)cc1. The predicted octanol–water partition coefficient (Wildman–Crippen LogP) is 6.22. The van der Waals surface area contributed by atoms with Gasteiger partial charge in [0, 0.05) is 31.0 Å². The van der Waals surface area contributed by atoms with Gasteiger partial charge in [0.1, 0.15) is 0 Å². The molecule has 2 heterocycles. The van der Waals surface area contributed by atoms with Crippen LogP contribution in [0.15, 0.2) is 78.9 Å². The summed E-state index contributed by atoms with van der Waals surface area (Å²) < 4.78 is 0. The molecule has 0 amide bonds. The van der Waals surface area contributed by atoms with Crippen LogP contribution in [0.4, 0.5) is 11.4 Å². The van der Waals surface area contributed by atoms with Crippen LogP contribution in [0.1, 0.15) is 42.4 Å². The van der Waals surface area contributed by atoms with Gasteiger partial charge in [-0.25, -0.2) is 0 Å². The molecule has 2 saturated heterocycles. The fourth-order valence-electron chi connectivity index (χ4n) is 5.06. The van der Waals surface area contributed by atoms with Gasteiger partial charge < -0.3 is 4.90 Å². The van der Waals surface area contributed by atoms with E-state index in [-0.39, 0.29) is 0 Å². The van der Waals surface area contributed by atoms with Crippen LogP contribution in [0, 0.1) is 0 Å². The standard InChI is InChI=1S/C29H35N3/c1-2-8-25(9-3-1)24-32(28-14-10-26(11-15-28)22-30-18-4-5-19-30)29-16-12-27(13-17-29)23-31-20-6-7-21-31/h1-3,8-17H,4-7,18-24H2. The second-order valence-electron chi connectivity index (χ2n) is 9.37. The number of hydrogen-bond donors (Lipinski definition) is 0. The van der Waals surface area contributed by atoms with Crippen LogP contribution in [0.25, 0.3) is 0 Å². The van der Waals surface area contributed by atoms with Gasteiger partial charge in [0.25, 0.3) is 0 Å². The molecule has 2 aliphatic heterocycles. The smallest absolute Gasteiger partial charge is 0.0481 e. The molecule has 3 nitrogen and oxygen atoms in total. The van der Waals surface area contributed by atoms with E-state index < -0.39 is 0 Å². The average molecular weight is 426 g/mol. The van der Waals surface area contributed by atoms with E-state index in [1.165, 1.54) is 79.9 Å². The first-order valence-electron chi connectivity index (χ1n) is 12.3. The summed E-state index contributed by atoms with van der Waals surface area (Å²) in [7, 11) is 0. The lowest BCUT2D eigenvalue weighted by atomic mass is 10.1. The lowest BCUT2D eigenvalue weighted by Gasteiger charge is -2.26. The molecule has 0 radical (unpaired) electrons. The molecule has 0 N–H and O–H groups in total. The first-order chi connectivity index (χ1) is 15.8. The summed E-state index contributed by atoms with van der Waals surface area (Å²) in [6, 6.07) is 29.2. The van der Waals surface area contributed by atoms with Gasteiger partial charge in [0.15, 0.2) is 0 Å². The Balaban J connectivity index is 1.35. The number of hydrogen-bond acceptors (Lipinski definition) is 3. The topological polar surface area (TPSA) is 9.72 Å². The van der Waals surface area contributed by atoms with Crippen LogP contribution >= 0.6 is 0 Å². The van der Waals surface area contributed by atoms with E-state index in [1.807, 2.05) is 0 Å². The van der Waals surface area contributed by atoms with Gasteiger partial charge in [-0.3, -0.25) is 9.80 Å². The zero-order valence-corrected chi connectivity index (χ0v) is 19.1. The van der Waals surface area contributed by atoms with Gasteiger partial charge in [0.05, 0.1) is 0 Å². The first-order valence-corrected chi connectivity index (χ1v) is 12.3. The monoisotopic (exact) mass is 425 g/mol. The van der Waals surface area contributed by atoms with E-state index in [1.54, 1.807) is 0 Å². The highest BCUT2D eigenvalue weighted by molar-refractivity contribution is 5.64. The Morgan fingerprint density at radius 3 is 1.38 bits per heavy atom. The molecule has 0 atom stereocenters. The summed E-state index contributed by atoms with van der Waals surface area (Å²) >= 11 is 0. The lowest BCUT2D eigenvalue weighted by molar-refractivity contribution is 0.331. The molecule has 2 fully saturated rings. The van der Waals surface area contributed by atoms with Crippen LogP contribution in [-0.4, -0.2) is 36.0 Å². The molecule has 2 aliphatic rings. The minimum Gasteiger partial charge on any atom is -0.337 e. The van der Waals surface area contributed by atoms with Crippen molar-refractivity contribution in [3.05, 3.63) is 95.6 Å². The Hall–Kier alpha value is -2.62. The second kappa shape index (κ2) is 10.3. The normalized spacial score (nSPS) is 17.1. The van der Waals surface area contributed by atoms with Crippen molar-refractivity contribution < 1.29 is 0 Å². The number of anilines is 2. The molecule has 3 aromatic carbocycles. The quantitative estimate of drug-likeness (QED) is 0.424. The molecule has 5 rings (SSSR count). The van der Waals surface area contributed by atoms with E-state index in [2.05, 4.69) is 93.6 Å². The maximum Gasteiger partial charge on any atom is 0.0481 e. The summed E-state index contributed by atoms with van der Waals surface area (Å²) in [4.78, 5) is 7.57. The maximum atomic E-state index is 2.57. The molecule has 166 valence electrons. The van der Waals surface area contributed by atoms with Crippen molar-refractivity contribution in [2.45, 2.75) is 45.3 Å². The van der Waals surface area contributed by atoms with E-state index in [4.69, 9.17) is 0 Å². The van der Waals surface area contributed by atoms with Gasteiger partial charge in [-0.1, -0.05) is 54.6 Å². The lowest BCUT2D eigenvalue weighted by Crippen LogP contribution is -2.19. The van der Waals surface area contributed by atoms with Gasteiger partial charge in [-0.15, -0.1) is 0 Å². The summed E-state index contributed by atoms with van der Waals surface area (Å²) in [6.45, 7) is 7.99. The molecule has 0 spiro atoms. The molecule has 3 aromatic rings. The largest absolute Gasteiger partial charge is 0.337 e. The number of nitrogens with zero attached hydrogens (tertiary/aromatic N) is 3. The fraction of sp³-hybridized carbons (Fsp3) is 0.379. The zero-order valence-electron chi connectivity index (χ0n) is 19.1. The van der Waals surface area contributed by atoms with Crippen LogP contribution in [-0.2, 0) is 19.6 Å². The minimum absolute atomic E-state index is 0.873. The fourth-order valence-corrected chi connectivity index (χ4v) is 5.06. The molecule has 32 heavy (non-hydrogen) atoms. The number of likely N-dealkylation sites (tertiary alicyclic amines) is 2. The summed E-state index contributed by atoms with van der Waals surface area (Å²) in [5.41, 5.74) is 6.67. The van der Waals surface area contributed by atoms with Crippen molar-refractivity contribution in [1.82, 2.24) is 9.80 Å². The summed E-state index contributed by atoms with van der Waals surface area (Å²) in [5.74, 6) is 0. The van der Waals surface area contributed by atoms with Gasteiger partial charge in [-0.05, 0) is 92.8 Å². The third kappa shape index (κ3) is 5.40. The third-order valence-electron chi connectivity index (χ3n) is 6.89. The van der Waals surface area contributed by atoms with Gasteiger partial charge >= 0.3 is 0 Å². The van der Waals surface area contributed by atoms with Crippen LogP contribution in [0.3, 0.4) is 0 Å². The van der Waals surface area contributed by atoms with Crippen LogP contribution in [0.5, 0.6) is 0 Å². The summed E-state index contributed by atoms with van der Waals surface area (Å²) in [6.07, 6.45) is 5.38. The Kier molecular flexibility index (Phi) is 6.86. The Labute approximate surface area is 193 Å². The minimum atomic E-state index is 0.873. The van der Waals surface area contributed by atoms with E-state index in [0.29, 0.717) is 0 Å². The Morgan fingerprint density at radius 1 is 0.500 bits per heavy atom. The maximum absolute atomic E-state index is 2.57. The first kappa shape index (κ1) is 21.2. The van der Waals surface area contributed by atoms with Gasteiger partial charge in [-0.2, -0.15) is 0 Å². The van der Waals surface area contributed by atoms with Crippen molar-refractivity contribution in [2.24, 2.45) is 0 Å². The number of benzene rings is 3. The zero-order chi connectivity index (χ0) is 21.6. The van der Waals surface area contributed by atoms with E-state index in [9.17, 15) is 0 Å². The van der Waals surface area contributed by atoms with Crippen LogP contribution < -0.4 is 4.90 Å². The third-order valence-corrected chi connectivity index (χ3v) is 6.89. The summed E-state index contributed by atoms with van der Waals surface area (Å²) in [5, 5.41) is 0. The highest BCUT2D eigenvalue weighted by Crippen LogP contribution is 2.29. The molecule has 0 unspecified atom stereocenters. The van der Waals surface area contributed by atoms with Crippen molar-refractivity contribution in [1.29, 1.82) is 0 Å². The van der Waals surface area contributed by atoms with Gasteiger partial charge in [0.2, 0.25) is 0 Å². The molecule has 0 aromatic heterocycles. The highest BCUT2D eigenvalue weighted by atomic mass is 15.1. The number of rotatable bonds is 8. The average Bonchev–Trinajstić information content (AvgIpc) is 3.54. The second-order valence-corrected chi connectivity index (χ2v) is 9.37. The molecule has 0 bridgehead atoms. The molecular weight excluding hydrogens is 390 g/mol. The van der Waals surface area contributed by atoms with Crippen LogP contribution in [0.2, 0.25) is 0 Å². The Morgan fingerprint density at radius 2 is 0.938 bits per heavy atom. The molecule has 0 aliphatic carbocycles.